The molecule has 0 aromatic heterocycles. The molecule has 0 saturated carbocycles. The zero-order valence-corrected chi connectivity index (χ0v) is 29.9. The lowest BCUT2D eigenvalue weighted by Gasteiger charge is -2.04. The summed E-state index contributed by atoms with van der Waals surface area (Å²) in [7, 11) is 0. The largest absolute Gasteiger partial charge is 0.255 e. The lowest BCUT2D eigenvalue weighted by atomic mass is 10.0. The van der Waals surface area contributed by atoms with Gasteiger partial charge in [0, 0.05) is 6.21 Å². The summed E-state index contributed by atoms with van der Waals surface area (Å²) in [6.07, 6.45) is 38.2. The zero-order valence-electron chi connectivity index (χ0n) is 29.9. The summed E-state index contributed by atoms with van der Waals surface area (Å²) < 4.78 is 0. The fraction of sp³-hybridized carbons (Fsp3) is 0.628. The van der Waals surface area contributed by atoms with Crippen molar-refractivity contribution in [1.29, 1.82) is 0 Å². The number of rotatable bonds is 27. The van der Waals surface area contributed by atoms with E-state index in [1.807, 2.05) is 6.21 Å². The standard InChI is InChI=1S/C43H68N2/c1-5-7-9-10-11-12-13-14-15-16-17-18-19-20-21-22-23-24-25-26-27-28-40-31-34-41(35-32-40)45-43(29-8-6-2)37-44-42-33-30-38(3)39(4)36-42/h27-28,30-37H,5-26,29H2,1-4H3. The van der Waals surface area contributed by atoms with Crippen LogP contribution >= 0.6 is 0 Å². The third kappa shape index (κ3) is 20.3. The van der Waals surface area contributed by atoms with Crippen molar-refractivity contribution in [2.75, 3.05) is 0 Å². The van der Waals surface area contributed by atoms with Gasteiger partial charge in [0.25, 0.3) is 0 Å². The monoisotopic (exact) mass is 613 g/mol. The summed E-state index contributed by atoms with van der Waals surface area (Å²) in [6.45, 7) is 8.80. The van der Waals surface area contributed by atoms with Crippen LogP contribution in [0.5, 0.6) is 0 Å². The van der Waals surface area contributed by atoms with Gasteiger partial charge in [-0.2, -0.15) is 0 Å². The predicted octanol–water partition coefficient (Wildman–Crippen LogP) is 14.8. The summed E-state index contributed by atoms with van der Waals surface area (Å²) in [5, 5.41) is 0. The fourth-order valence-electron chi connectivity index (χ4n) is 5.85. The smallest absolute Gasteiger partial charge is 0.0634 e. The third-order valence-electron chi connectivity index (χ3n) is 9.09. The van der Waals surface area contributed by atoms with Crippen molar-refractivity contribution in [3.05, 3.63) is 65.2 Å². The molecule has 0 bridgehead atoms. The first-order valence-electron chi connectivity index (χ1n) is 19.1. The molecule has 0 aliphatic heterocycles. The minimum Gasteiger partial charge on any atom is -0.255 e. The second-order valence-corrected chi connectivity index (χ2v) is 13.4. The van der Waals surface area contributed by atoms with Crippen molar-refractivity contribution in [3.63, 3.8) is 0 Å². The van der Waals surface area contributed by atoms with Gasteiger partial charge in [0.1, 0.15) is 0 Å². The molecular weight excluding hydrogens is 544 g/mol. The number of aliphatic imine (C=N–C) groups is 2. The first-order chi connectivity index (χ1) is 22.1. The van der Waals surface area contributed by atoms with Crippen LogP contribution in [0.2, 0.25) is 0 Å². The Kier molecular flexibility index (Phi) is 23.0. The van der Waals surface area contributed by atoms with Gasteiger partial charge in [-0.25, -0.2) is 0 Å². The molecule has 2 heteroatoms. The molecule has 0 amide bonds. The topological polar surface area (TPSA) is 24.7 Å². The fourth-order valence-corrected chi connectivity index (χ4v) is 5.85. The molecule has 2 aromatic carbocycles. The first-order valence-corrected chi connectivity index (χ1v) is 19.1. The molecular formula is C43H68N2. The normalized spacial score (nSPS) is 12.2. The van der Waals surface area contributed by atoms with E-state index in [4.69, 9.17) is 9.98 Å². The quantitative estimate of drug-likeness (QED) is 0.0708. The number of unbranched alkanes of at least 4 members (excludes halogenated alkanes) is 20. The van der Waals surface area contributed by atoms with Crippen LogP contribution in [0.4, 0.5) is 11.4 Å². The van der Waals surface area contributed by atoms with E-state index in [1.165, 1.54) is 145 Å². The molecule has 0 atom stereocenters. The van der Waals surface area contributed by atoms with Gasteiger partial charge in [-0.3, -0.25) is 9.98 Å². The molecule has 0 aliphatic carbocycles. The summed E-state index contributed by atoms with van der Waals surface area (Å²) in [5.41, 5.74) is 6.87. The lowest BCUT2D eigenvalue weighted by Crippen LogP contribution is -1.99. The van der Waals surface area contributed by atoms with Gasteiger partial charge in [0.2, 0.25) is 0 Å². The van der Waals surface area contributed by atoms with Crippen LogP contribution < -0.4 is 0 Å². The van der Waals surface area contributed by atoms with Crippen LogP contribution in [-0.2, 0) is 0 Å². The maximum Gasteiger partial charge on any atom is 0.0634 e. The van der Waals surface area contributed by atoms with E-state index < -0.39 is 0 Å². The maximum atomic E-state index is 4.93. The molecule has 0 fully saturated rings. The predicted molar refractivity (Wildman–Crippen MR) is 204 cm³/mol. The summed E-state index contributed by atoms with van der Waals surface area (Å²) in [4.78, 5) is 9.65. The van der Waals surface area contributed by atoms with Crippen LogP contribution in [0.1, 0.15) is 178 Å². The van der Waals surface area contributed by atoms with Gasteiger partial charge < -0.3 is 0 Å². The number of nitrogens with zero attached hydrogens (tertiary/aromatic N) is 2. The van der Waals surface area contributed by atoms with Crippen LogP contribution in [0.3, 0.4) is 0 Å². The number of allylic oxidation sites excluding steroid dienone is 1. The zero-order chi connectivity index (χ0) is 32.2. The van der Waals surface area contributed by atoms with Crippen LogP contribution in [0, 0.1) is 13.8 Å². The van der Waals surface area contributed by atoms with Gasteiger partial charge in [0.15, 0.2) is 0 Å². The minimum atomic E-state index is 0.950. The number of benzene rings is 2. The Morgan fingerprint density at radius 3 is 1.53 bits per heavy atom. The number of aryl methyl sites for hydroxylation is 2. The van der Waals surface area contributed by atoms with E-state index in [-0.39, 0.29) is 0 Å². The Morgan fingerprint density at radius 2 is 1.02 bits per heavy atom. The Bertz CT molecular complexity index is 1080. The van der Waals surface area contributed by atoms with Crippen molar-refractivity contribution in [2.24, 2.45) is 9.98 Å². The third-order valence-corrected chi connectivity index (χ3v) is 9.09. The van der Waals surface area contributed by atoms with E-state index in [2.05, 4.69) is 82.3 Å². The molecule has 45 heavy (non-hydrogen) atoms. The average Bonchev–Trinajstić information content (AvgIpc) is 3.05. The molecule has 2 aromatic rings. The van der Waals surface area contributed by atoms with Crippen LogP contribution in [-0.4, -0.2) is 11.9 Å². The van der Waals surface area contributed by atoms with Gasteiger partial charge >= 0.3 is 0 Å². The van der Waals surface area contributed by atoms with E-state index in [9.17, 15) is 0 Å². The Labute approximate surface area is 279 Å². The summed E-state index contributed by atoms with van der Waals surface area (Å²) >= 11 is 0. The van der Waals surface area contributed by atoms with Crippen LogP contribution in [0.15, 0.2) is 58.5 Å². The van der Waals surface area contributed by atoms with Gasteiger partial charge in [-0.05, 0) is 80.5 Å². The Hall–Kier alpha value is -2.48. The van der Waals surface area contributed by atoms with E-state index in [0.717, 1.165) is 36.3 Å². The van der Waals surface area contributed by atoms with Gasteiger partial charge in [0.05, 0.1) is 17.1 Å². The molecule has 250 valence electrons. The van der Waals surface area contributed by atoms with Gasteiger partial charge in [-0.15, -0.1) is 0 Å². The number of hydrogen-bond donors (Lipinski definition) is 0. The first kappa shape index (κ1) is 38.7. The van der Waals surface area contributed by atoms with Crippen molar-refractivity contribution < 1.29 is 0 Å². The second-order valence-electron chi connectivity index (χ2n) is 13.4. The van der Waals surface area contributed by atoms with E-state index in [1.54, 1.807) is 0 Å². The highest BCUT2D eigenvalue weighted by atomic mass is 14.8. The SMILES string of the molecule is CCCCCCCCCCCCCCCCCCCCCC=Cc1ccc(N=C(C=Nc2ccc(C)c(C)c2)CCCC)cc1. The summed E-state index contributed by atoms with van der Waals surface area (Å²) in [5.74, 6) is 0. The molecule has 0 N–H and O–H groups in total. The van der Waals surface area contributed by atoms with Crippen molar-refractivity contribution in [3.8, 4) is 0 Å². The minimum absolute atomic E-state index is 0.950. The second kappa shape index (κ2) is 26.7. The molecule has 0 heterocycles. The average molecular weight is 613 g/mol. The molecule has 0 saturated heterocycles. The van der Waals surface area contributed by atoms with Crippen molar-refractivity contribution >= 4 is 29.4 Å². The highest BCUT2D eigenvalue weighted by Gasteiger charge is 2.00. The molecule has 2 rings (SSSR count). The molecule has 0 spiro atoms. The highest BCUT2D eigenvalue weighted by Crippen LogP contribution is 2.19. The maximum absolute atomic E-state index is 4.93. The van der Waals surface area contributed by atoms with Crippen molar-refractivity contribution in [1.82, 2.24) is 0 Å². The molecule has 0 radical (unpaired) electrons. The molecule has 2 nitrogen and oxygen atoms in total. The van der Waals surface area contributed by atoms with E-state index in [0.29, 0.717) is 0 Å². The van der Waals surface area contributed by atoms with Crippen molar-refractivity contribution in [2.45, 2.75) is 175 Å². The molecule has 0 unspecified atom stereocenters. The Morgan fingerprint density at radius 1 is 0.533 bits per heavy atom. The molecule has 0 aliphatic rings. The lowest BCUT2D eigenvalue weighted by molar-refractivity contribution is 0.523. The highest BCUT2D eigenvalue weighted by molar-refractivity contribution is 6.31. The van der Waals surface area contributed by atoms with Gasteiger partial charge in [-0.1, -0.05) is 166 Å². The number of hydrogen-bond acceptors (Lipinski definition) is 2. The van der Waals surface area contributed by atoms with Crippen LogP contribution in [0.25, 0.3) is 6.08 Å². The van der Waals surface area contributed by atoms with E-state index >= 15 is 0 Å². The Balaban J connectivity index is 1.51. The summed E-state index contributed by atoms with van der Waals surface area (Å²) in [6, 6.07) is 15.0.